The Hall–Kier alpha value is -4.38. The normalized spacial score (nSPS) is 10.9. The summed E-state index contributed by atoms with van der Waals surface area (Å²) in [5.41, 5.74) is 8.14. The van der Waals surface area contributed by atoms with Crippen molar-refractivity contribution in [3.8, 4) is 5.69 Å². The molecule has 5 aromatic rings. The van der Waals surface area contributed by atoms with Gasteiger partial charge in [0.2, 0.25) is 0 Å². The van der Waals surface area contributed by atoms with Crippen molar-refractivity contribution in [1.82, 2.24) is 9.55 Å². The van der Waals surface area contributed by atoms with Crippen LogP contribution in [0, 0.1) is 13.8 Å². The number of benzene rings is 4. The van der Waals surface area contributed by atoms with E-state index in [2.05, 4.69) is 45.5 Å². The third-order valence-corrected chi connectivity index (χ3v) is 6.32. The summed E-state index contributed by atoms with van der Waals surface area (Å²) in [6.07, 6.45) is 1.59. The van der Waals surface area contributed by atoms with Crippen LogP contribution in [0.3, 0.4) is 0 Å². The van der Waals surface area contributed by atoms with E-state index < -0.39 is 0 Å². The number of imidazole rings is 1. The molecule has 0 radical (unpaired) electrons. The van der Waals surface area contributed by atoms with Crippen molar-refractivity contribution < 1.29 is 4.79 Å². The summed E-state index contributed by atoms with van der Waals surface area (Å²) in [4.78, 5) is 17.5. The number of aryl methyl sites for hydroxylation is 3. The molecule has 0 unspecified atom stereocenters. The molecule has 5 heteroatoms. The number of fused-ring (bicyclic) bond motifs is 1. The molecule has 174 valence electrons. The second kappa shape index (κ2) is 9.85. The molecule has 5 nitrogen and oxygen atoms in total. The number of hydrogen-bond donors (Lipinski definition) is 2. The van der Waals surface area contributed by atoms with Gasteiger partial charge in [0.05, 0.1) is 11.0 Å². The number of urea groups is 1. The van der Waals surface area contributed by atoms with Gasteiger partial charge in [-0.2, -0.15) is 0 Å². The standard InChI is InChI=1S/C30H28N4O/c1-21-10-8-16-26(22(21)2)33-30(35)31-24-12-9-11-23(20-24)18-19-29-32-27-15-6-7-17-28(27)34(29)25-13-4-3-5-14-25/h3-17,20H,18-19H2,1-2H3,(H2,31,33,35). The van der Waals surface area contributed by atoms with Crippen LogP contribution < -0.4 is 10.6 Å². The fourth-order valence-electron chi connectivity index (χ4n) is 4.34. The second-order valence-electron chi connectivity index (χ2n) is 8.71. The van der Waals surface area contributed by atoms with Gasteiger partial charge in [0.25, 0.3) is 0 Å². The number of nitrogens with zero attached hydrogens (tertiary/aromatic N) is 2. The van der Waals surface area contributed by atoms with Gasteiger partial charge < -0.3 is 10.6 Å². The van der Waals surface area contributed by atoms with Crippen molar-refractivity contribution >= 4 is 28.4 Å². The number of carbonyl (C=O) groups excluding carboxylic acids is 1. The monoisotopic (exact) mass is 460 g/mol. The maximum Gasteiger partial charge on any atom is 0.323 e. The molecule has 2 amide bonds. The predicted molar refractivity (Wildman–Crippen MR) is 143 cm³/mol. The third-order valence-electron chi connectivity index (χ3n) is 6.32. The smallest absolute Gasteiger partial charge is 0.308 e. The number of carbonyl (C=O) groups is 1. The van der Waals surface area contributed by atoms with E-state index in [1.807, 2.05) is 80.6 Å². The first-order valence-corrected chi connectivity index (χ1v) is 11.8. The van der Waals surface area contributed by atoms with Gasteiger partial charge in [-0.05, 0) is 79.4 Å². The molecule has 0 fully saturated rings. The topological polar surface area (TPSA) is 59.0 Å². The minimum atomic E-state index is -0.248. The Labute approximate surface area is 205 Å². The van der Waals surface area contributed by atoms with Gasteiger partial charge >= 0.3 is 6.03 Å². The van der Waals surface area contributed by atoms with E-state index in [1.54, 1.807) is 0 Å². The van der Waals surface area contributed by atoms with Crippen molar-refractivity contribution in [2.45, 2.75) is 26.7 Å². The molecule has 0 saturated heterocycles. The number of amides is 2. The first kappa shape index (κ1) is 22.4. The van der Waals surface area contributed by atoms with E-state index in [4.69, 9.17) is 4.98 Å². The Morgan fingerprint density at radius 1 is 0.800 bits per heavy atom. The molecule has 4 aromatic carbocycles. The molecule has 0 bridgehead atoms. The third kappa shape index (κ3) is 4.94. The molecule has 0 saturated carbocycles. The van der Waals surface area contributed by atoms with Crippen molar-refractivity contribution in [3.05, 3.63) is 120 Å². The maximum absolute atomic E-state index is 12.6. The molecule has 5 rings (SSSR count). The molecule has 1 heterocycles. The van der Waals surface area contributed by atoms with E-state index >= 15 is 0 Å². The average Bonchev–Trinajstić information content (AvgIpc) is 3.25. The highest BCUT2D eigenvalue weighted by molar-refractivity contribution is 6.00. The largest absolute Gasteiger partial charge is 0.323 e. The van der Waals surface area contributed by atoms with Gasteiger partial charge in [0.15, 0.2) is 0 Å². The molecule has 0 spiro atoms. The average molecular weight is 461 g/mol. The molecular formula is C30H28N4O. The van der Waals surface area contributed by atoms with Gasteiger partial charge in [-0.3, -0.25) is 4.57 Å². The van der Waals surface area contributed by atoms with Crippen LogP contribution in [-0.2, 0) is 12.8 Å². The second-order valence-corrected chi connectivity index (χ2v) is 8.71. The fourth-order valence-corrected chi connectivity index (χ4v) is 4.34. The molecular weight excluding hydrogens is 432 g/mol. The Morgan fingerprint density at radius 3 is 2.43 bits per heavy atom. The van der Waals surface area contributed by atoms with Crippen molar-refractivity contribution in [3.63, 3.8) is 0 Å². The minimum absolute atomic E-state index is 0.248. The van der Waals surface area contributed by atoms with E-state index in [1.165, 1.54) is 0 Å². The molecule has 0 atom stereocenters. The fraction of sp³-hybridized carbons (Fsp3) is 0.133. The van der Waals surface area contributed by atoms with Crippen LogP contribution in [0.2, 0.25) is 0 Å². The predicted octanol–water partition coefficient (Wildman–Crippen LogP) is 7.07. The zero-order valence-corrected chi connectivity index (χ0v) is 20.0. The van der Waals surface area contributed by atoms with E-state index in [-0.39, 0.29) is 6.03 Å². The Balaban J connectivity index is 1.32. The summed E-state index contributed by atoms with van der Waals surface area (Å²) in [7, 11) is 0. The summed E-state index contributed by atoms with van der Waals surface area (Å²) in [6.45, 7) is 4.04. The summed E-state index contributed by atoms with van der Waals surface area (Å²) in [5.74, 6) is 1.02. The van der Waals surface area contributed by atoms with Crippen LogP contribution in [0.4, 0.5) is 16.2 Å². The van der Waals surface area contributed by atoms with Crippen molar-refractivity contribution in [2.75, 3.05) is 10.6 Å². The molecule has 2 N–H and O–H groups in total. The summed E-state index contributed by atoms with van der Waals surface area (Å²) in [6, 6.07) is 32.2. The SMILES string of the molecule is Cc1cccc(NC(=O)Nc2cccc(CCc3nc4ccccc4n3-c3ccccc3)c2)c1C. The van der Waals surface area contributed by atoms with Crippen LogP contribution >= 0.6 is 0 Å². The maximum atomic E-state index is 12.6. The van der Waals surface area contributed by atoms with Gasteiger partial charge in [0, 0.05) is 23.5 Å². The lowest BCUT2D eigenvalue weighted by Crippen LogP contribution is -2.20. The van der Waals surface area contributed by atoms with Crippen LogP contribution in [0.1, 0.15) is 22.5 Å². The number of para-hydroxylation sites is 3. The zero-order chi connectivity index (χ0) is 24.2. The quantitative estimate of drug-likeness (QED) is 0.285. The number of anilines is 2. The first-order chi connectivity index (χ1) is 17.1. The Morgan fingerprint density at radius 2 is 1.57 bits per heavy atom. The van der Waals surface area contributed by atoms with E-state index in [0.29, 0.717) is 0 Å². The molecule has 0 aliphatic heterocycles. The zero-order valence-electron chi connectivity index (χ0n) is 20.0. The lowest BCUT2D eigenvalue weighted by molar-refractivity contribution is 0.262. The van der Waals surface area contributed by atoms with E-state index in [0.717, 1.165) is 63.5 Å². The molecule has 0 aliphatic rings. The number of aromatic nitrogens is 2. The minimum Gasteiger partial charge on any atom is -0.308 e. The van der Waals surface area contributed by atoms with E-state index in [9.17, 15) is 4.79 Å². The van der Waals surface area contributed by atoms with Crippen molar-refractivity contribution in [1.29, 1.82) is 0 Å². The Bertz CT molecular complexity index is 1490. The lowest BCUT2D eigenvalue weighted by atomic mass is 10.1. The number of nitrogens with one attached hydrogen (secondary N) is 2. The van der Waals surface area contributed by atoms with Gasteiger partial charge in [0.1, 0.15) is 5.82 Å². The summed E-state index contributed by atoms with van der Waals surface area (Å²) >= 11 is 0. The van der Waals surface area contributed by atoms with Gasteiger partial charge in [-0.15, -0.1) is 0 Å². The summed E-state index contributed by atoms with van der Waals surface area (Å²) in [5, 5.41) is 5.92. The van der Waals surface area contributed by atoms with Crippen LogP contribution in [0.15, 0.2) is 97.1 Å². The molecule has 0 aliphatic carbocycles. The highest BCUT2D eigenvalue weighted by atomic mass is 16.2. The highest BCUT2D eigenvalue weighted by Crippen LogP contribution is 2.23. The highest BCUT2D eigenvalue weighted by Gasteiger charge is 2.12. The summed E-state index contributed by atoms with van der Waals surface area (Å²) < 4.78 is 2.23. The number of hydrogen-bond acceptors (Lipinski definition) is 2. The van der Waals surface area contributed by atoms with Crippen LogP contribution in [0.5, 0.6) is 0 Å². The lowest BCUT2D eigenvalue weighted by Gasteiger charge is -2.12. The van der Waals surface area contributed by atoms with Crippen molar-refractivity contribution in [2.24, 2.45) is 0 Å². The van der Waals surface area contributed by atoms with Gasteiger partial charge in [-0.1, -0.05) is 54.6 Å². The van der Waals surface area contributed by atoms with Gasteiger partial charge in [-0.25, -0.2) is 9.78 Å². The first-order valence-electron chi connectivity index (χ1n) is 11.8. The van der Waals surface area contributed by atoms with Crippen LogP contribution in [-0.4, -0.2) is 15.6 Å². The molecule has 1 aromatic heterocycles. The Kier molecular flexibility index (Phi) is 6.31. The molecule has 35 heavy (non-hydrogen) atoms. The van der Waals surface area contributed by atoms with Crippen LogP contribution in [0.25, 0.3) is 16.7 Å². The number of rotatable bonds is 6.